The number of halogens is 1. The molecule has 2 saturated heterocycles. The summed E-state index contributed by atoms with van der Waals surface area (Å²) in [5.41, 5.74) is 1.34. The maximum absolute atomic E-state index is 6.34. The predicted octanol–water partition coefficient (Wildman–Crippen LogP) is 3.43. The summed E-state index contributed by atoms with van der Waals surface area (Å²) in [7, 11) is 0. The summed E-state index contributed by atoms with van der Waals surface area (Å²) in [6, 6.07) is 6.22. The van der Waals surface area contributed by atoms with Crippen molar-refractivity contribution in [3.05, 3.63) is 28.8 Å². The van der Waals surface area contributed by atoms with Crippen LogP contribution in [0, 0.1) is 0 Å². The lowest BCUT2D eigenvalue weighted by atomic mass is 9.90. The van der Waals surface area contributed by atoms with Gasteiger partial charge in [0.25, 0.3) is 0 Å². The Bertz CT molecular complexity index is 441. The highest BCUT2D eigenvalue weighted by molar-refractivity contribution is 8.00. The molecule has 2 nitrogen and oxygen atoms in total. The lowest BCUT2D eigenvalue weighted by molar-refractivity contribution is 0.240. The number of benzene rings is 1. The van der Waals surface area contributed by atoms with Crippen LogP contribution in [0.3, 0.4) is 0 Å². The summed E-state index contributed by atoms with van der Waals surface area (Å²) >= 11 is 8.25. The highest BCUT2D eigenvalue weighted by atomic mass is 35.5. The SMILES string of the molecule is CC1(c2ccc(OC3CSC3)c(Cl)c2)CCCN1. The van der Waals surface area contributed by atoms with Gasteiger partial charge in [-0.25, -0.2) is 0 Å². The maximum Gasteiger partial charge on any atom is 0.138 e. The molecule has 0 radical (unpaired) electrons. The third-order valence-corrected chi connectivity index (χ3v) is 5.35. The Morgan fingerprint density at radius 2 is 2.28 bits per heavy atom. The van der Waals surface area contributed by atoms with Crippen LogP contribution in [0.5, 0.6) is 5.75 Å². The van der Waals surface area contributed by atoms with Crippen LogP contribution in [0.4, 0.5) is 0 Å². The van der Waals surface area contributed by atoms with Crippen molar-refractivity contribution < 1.29 is 4.74 Å². The van der Waals surface area contributed by atoms with E-state index >= 15 is 0 Å². The smallest absolute Gasteiger partial charge is 0.138 e. The quantitative estimate of drug-likeness (QED) is 0.918. The summed E-state index contributed by atoms with van der Waals surface area (Å²) in [5.74, 6) is 2.99. The number of thioether (sulfide) groups is 1. The molecule has 1 N–H and O–H groups in total. The van der Waals surface area contributed by atoms with Gasteiger partial charge in [-0.2, -0.15) is 11.8 Å². The van der Waals surface area contributed by atoms with E-state index in [1.165, 1.54) is 18.4 Å². The van der Waals surface area contributed by atoms with Crippen molar-refractivity contribution in [1.29, 1.82) is 0 Å². The molecule has 0 bridgehead atoms. The molecule has 98 valence electrons. The van der Waals surface area contributed by atoms with Crippen molar-refractivity contribution in [2.45, 2.75) is 31.4 Å². The molecule has 2 heterocycles. The van der Waals surface area contributed by atoms with E-state index in [0.717, 1.165) is 28.8 Å². The minimum absolute atomic E-state index is 0.0779. The molecule has 2 fully saturated rings. The average molecular weight is 284 g/mol. The van der Waals surface area contributed by atoms with Gasteiger partial charge in [0.05, 0.1) is 5.02 Å². The van der Waals surface area contributed by atoms with E-state index in [0.29, 0.717) is 6.10 Å². The van der Waals surface area contributed by atoms with E-state index in [1.54, 1.807) is 0 Å². The molecule has 0 amide bonds. The fraction of sp³-hybridized carbons (Fsp3) is 0.571. The molecule has 0 spiro atoms. The summed E-state index contributed by atoms with van der Waals surface area (Å²) in [6.07, 6.45) is 2.74. The Kier molecular flexibility index (Phi) is 3.48. The van der Waals surface area contributed by atoms with Crippen LogP contribution in [0.25, 0.3) is 0 Å². The fourth-order valence-electron chi connectivity index (χ4n) is 2.54. The zero-order valence-electron chi connectivity index (χ0n) is 10.5. The molecule has 4 heteroatoms. The molecule has 18 heavy (non-hydrogen) atoms. The van der Waals surface area contributed by atoms with Crippen LogP contribution in [-0.4, -0.2) is 24.2 Å². The number of hydrogen-bond acceptors (Lipinski definition) is 3. The first kappa shape index (κ1) is 12.6. The second kappa shape index (κ2) is 4.95. The monoisotopic (exact) mass is 283 g/mol. The Morgan fingerprint density at radius 1 is 1.44 bits per heavy atom. The number of rotatable bonds is 3. The van der Waals surface area contributed by atoms with Crippen molar-refractivity contribution in [2.24, 2.45) is 0 Å². The topological polar surface area (TPSA) is 21.3 Å². The van der Waals surface area contributed by atoms with Gasteiger partial charge in [0.15, 0.2) is 0 Å². The Hall–Kier alpha value is -0.380. The molecule has 1 unspecified atom stereocenters. The Morgan fingerprint density at radius 3 is 2.83 bits per heavy atom. The zero-order valence-corrected chi connectivity index (χ0v) is 12.1. The molecule has 2 aliphatic heterocycles. The van der Waals surface area contributed by atoms with Gasteiger partial charge >= 0.3 is 0 Å². The minimum Gasteiger partial charge on any atom is -0.487 e. The largest absolute Gasteiger partial charge is 0.487 e. The highest BCUT2D eigenvalue weighted by Gasteiger charge is 2.30. The molecule has 1 aromatic rings. The van der Waals surface area contributed by atoms with Gasteiger partial charge in [-0.05, 0) is 44.0 Å². The van der Waals surface area contributed by atoms with Gasteiger partial charge in [0.1, 0.15) is 11.9 Å². The molecule has 1 aromatic carbocycles. The molecule has 0 aliphatic carbocycles. The molecule has 2 aliphatic rings. The summed E-state index contributed by atoms with van der Waals surface area (Å²) < 4.78 is 5.86. The van der Waals surface area contributed by atoms with Gasteiger partial charge in [0, 0.05) is 17.0 Å². The van der Waals surface area contributed by atoms with Crippen LogP contribution in [0.1, 0.15) is 25.3 Å². The number of ether oxygens (including phenoxy) is 1. The van der Waals surface area contributed by atoms with Crippen molar-refractivity contribution in [3.8, 4) is 5.75 Å². The van der Waals surface area contributed by atoms with Crippen LogP contribution in [0.2, 0.25) is 5.02 Å². The Balaban J connectivity index is 1.79. The van der Waals surface area contributed by atoms with Crippen molar-refractivity contribution in [1.82, 2.24) is 5.32 Å². The van der Waals surface area contributed by atoms with E-state index in [-0.39, 0.29) is 5.54 Å². The van der Waals surface area contributed by atoms with Gasteiger partial charge in [-0.3, -0.25) is 0 Å². The molecule has 3 rings (SSSR count). The third-order valence-electron chi connectivity index (χ3n) is 3.84. The molecule has 1 atom stereocenters. The summed E-state index contributed by atoms with van der Waals surface area (Å²) in [5, 5.41) is 4.29. The Labute approximate surface area is 117 Å². The first-order valence-electron chi connectivity index (χ1n) is 6.47. The molecular weight excluding hydrogens is 266 g/mol. The normalized spacial score (nSPS) is 28.1. The maximum atomic E-state index is 6.34. The first-order valence-corrected chi connectivity index (χ1v) is 8.00. The van der Waals surface area contributed by atoms with E-state index in [4.69, 9.17) is 16.3 Å². The number of hydrogen-bond donors (Lipinski definition) is 1. The van der Waals surface area contributed by atoms with Crippen LogP contribution < -0.4 is 10.1 Å². The van der Waals surface area contributed by atoms with Gasteiger partial charge in [0.2, 0.25) is 0 Å². The zero-order chi connectivity index (χ0) is 12.6. The standard InChI is InChI=1S/C14H18ClNOS/c1-14(5-2-6-16-14)10-3-4-13(12(15)7-10)17-11-8-18-9-11/h3-4,7,11,16H,2,5-6,8-9H2,1H3. The molecule has 0 aromatic heterocycles. The van der Waals surface area contributed by atoms with Crippen molar-refractivity contribution >= 4 is 23.4 Å². The lowest BCUT2D eigenvalue weighted by Crippen LogP contribution is -2.33. The van der Waals surface area contributed by atoms with E-state index in [1.807, 2.05) is 17.8 Å². The van der Waals surface area contributed by atoms with E-state index in [2.05, 4.69) is 24.4 Å². The lowest BCUT2D eigenvalue weighted by Gasteiger charge is -2.28. The van der Waals surface area contributed by atoms with Crippen LogP contribution in [-0.2, 0) is 5.54 Å². The van der Waals surface area contributed by atoms with Crippen molar-refractivity contribution in [2.75, 3.05) is 18.1 Å². The fourth-order valence-corrected chi connectivity index (χ4v) is 3.33. The number of nitrogens with one attached hydrogen (secondary N) is 1. The summed E-state index contributed by atoms with van der Waals surface area (Å²) in [4.78, 5) is 0. The third kappa shape index (κ3) is 2.36. The van der Waals surface area contributed by atoms with Crippen molar-refractivity contribution in [3.63, 3.8) is 0 Å². The second-order valence-electron chi connectivity index (χ2n) is 5.28. The predicted molar refractivity (Wildman–Crippen MR) is 77.8 cm³/mol. The van der Waals surface area contributed by atoms with E-state index < -0.39 is 0 Å². The first-order chi connectivity index (χ1) is 8.67. The molecular formula is C14H18ClNOS. The second-order valence-corrected chi connectivity index (χ2v) is 6.77. The van der Waals surface area contributed by atoms with Crippen LogP contribution >= 0.6 is 23.4 Å². The summed E-state index contributed by atoms with van der Waals surface area (Å²) in [6.45, 7) is 3.33. The molecule has 0 saturated carbocycles. The highest BCUT2D eigenvalue weighted by Crippen LogP contribution is 2.36. The van der Waals surface area contributed by atoms with Crippen LogP contribution in [0.15, 0.2) is 18.2 Å². The van der Waals surface area contributed by atoms with Gasteiger partial charge in [-0.1, -0.05) is 17.7 Å². The van der Waals surface area contributed by atoms with Gasteiger partial charge in [-0.15, -0.1) is 0 Å². The van der Waals surface area contributed by atoms with E-state index in [9.17, 15) is 0 Å². The van der Waals surface area contributed by atoms with Gasteiger partial charge < -0.3 is 10.1 Å². The average Bonchev–Trinajstić information content (AvgIpc) is 2.73. The minimum atomic E-state index is 0.0779.